The summed E-state index contributed by atoms with van der Waals surface area (Å²) in [5.74, 6) is 0. The Hall–Kier alpha value is -0.290. The summed E-state index contributed by atoms with van der Waals surface area (Å²) in [6.07, 6.45) is -4.11. The molecule has 0 rings (SSSR count). The number of halogens is 3. The zero-order valence-electron chi connectivity index (χ0n) is 7.32. The summed E-state index contributed by atoms with van der Waals surface area (Å²) < 4.78 is 40.2. The van der Waals surface area contributed by atoms with Gasteiger partial charge in [-0.2, -0.15) is 13.2 Å². The Morgan fingerprint density at radius 1 is 1.33 bits per heavy atom. The van der Waals surface area contributed by atoms with Crippen molar-refractivity contribution in [3.8, 4) is 0 Å². The molecule has 12 heavy (non-hydrogen) atoms. The lowest BCUT2D eigenvalue weighted by molar-refractivity contribution is -0.146. The van der Waals surface area contributed by atoms with Gasteiger partial charge in [-0.25, -0.2) is 0 Å². The zero-order chi connectivity index (χ0) is 9.61. The third kappa shape index (κ3) is 6.42. The van der Waals surface area contributed by atoms with E-state index >= 15 is 0 Å². The van der Waals surface area contributed by atoms with Gasteiger partial charge in [-0.15, -0.1) is 0 Å². The van der Waals surface area contributed by atoms with Crippen LogP contribution in [0.5, 0.6) is 0 Å². The molecule has 0 aromatic heterocycles. The van der Waals surface area contributed by atoms with Gasteiger partial charge in [0.05, 0.1) is 13.2 Å². The van der Waals surface area contributed by atoms with Crippen molar-refractivity contribution in [1.82, 2.24) is 4.90 Å². The molecule has 0 bridgehead atoms. The Morgan fingerprint density at radius 2 is 1.92 bits per heavy atom. The van der Waals surface area contributed by atoms with Gasteiger partial charge in [0.25, 0.3) is 0 Å². The van der Waals surface area contributed by atoms with Crippen molar-refractivity contribution in [3.63, 3.8) is 0 Å². The van der Waals surface area contributed by atoms with Crippen molar-refractivity contribution in [2.45, 2.75) is 13.1 Å². The van der Waals surface area contributed by atoms with Gasteiger partial charge in [0, 0.05) is 13.7 Å². The molecule has 74 valence electrons. The SMILES string of the molecule is CCN(CCOC)CC(F)(F)F. The van der Waals surface area contributed by atoms with Crippen molar-refractivity contribution < 1.29 is 17.9 Å². The molecule has 0 amide bonds. The summed E-state index contributed by atoms with van der Waals surface area (Å²) in [5.41, 5.74) is 0. The Bertz CT molecular complexity index is 116. The number of hydrogen-bond acceptors (Lipinski definition) is 2. The third-order valence-corrected chi connectivity index (χ3v) is 1.46. The number of likely N-dealkylation sites (N-methyl/N-ethyl adjacent to an activating group) is 1. The van der Waals surface area contributed by atoms with Gasteiger partial charge in [0.15, 0.2) is 0 Å². The highest BCUT2D eigenvalue weighted by Gasteiger charge is 2.29. The molecule has 0 saturated heterocycles. The van der Waals surface area contributed by atoms with E-state index in [0.717, 1.165) is 0 Å². The maximum atomic E-state index is 11.8. The molecule has 2 nitrogen and oxygen atoms in total. The fraction of sp³-hybridized carbons (Fsp3) is 1.00. The molecule has 0 aliphatic rings. The Morgan fingerprint density at radius 3 is 2.25 bits per heavy atom. The molecule has 0 N–H and O–H groups in total. The van der Waals surface area contributed by atoms with Gasteiger partial charge < -0.3 is 4.74 Å². The molecule has 0 atom stereocenters. The number of methoxy groups -OCH3 is 1. The topological polar surface area (TPSA) is 12.5 Å². The van der Waals surface area contributed by atoms with Crippen LogP contribution in [0.3, 0.4) is 0 Å². The van der Waals surface area contributed by atoms with E-state index in [4.69, 9.17) is 0 Å². The van der Waals surface area contributed by atoms with Crippen LogP contribution in [0.2, 0.25) is 0 Å². The van der Waals surface area contributed by atoms with E-state index in [1.165, 1.54) is 12.0 Å². The first-order valence-corrected chi connectivity index (χ1v) is 3.77. The first-order valence-electron chi connectivity index (χ1n) is 3.77. The number of alkyl halides is 3. The fourth-order valence-corrected chi connectivity index (χ4v) is 0.823. The van der Waals surface area contributed by atoms with Gasteiger partial charge >= 0.3 is 6.18 Å². The minimum Gasteiger partial charge on any atom is -0.383 e. The summed E-state index contributed by atoms with van der Waals surface area (Å²) >= 11 is 0. The Balaban J connectivity index is 3.67. The van der Waals surface area contributed by atoms with E-state index in [1.54, 1.807) is 6.92 Å². The van der Waals surface area contributed by atoms with Gasteiger partial charge in [-0.05, 0) is 6.54 Å². The number of nitrogens with zero attached hydrogens (tertiary/aromatic N) is 1. The van der Waals surface area contributed by atoms with Crippen molar-refractivity contribution in [3.05, 3.63) is 0 Å². The van der Waals surface area contributed by atoms with Gasteiger partial charge in [-0.3, -0.25) is 4.90 Å². The van der Waals surface area contributed by atoms with Crippen molar-refractivity contribution in [1.29, 1.82) is 0 Å². The molecule has 0 saturated carbocycles. The maximum Gasteiger partial charge on any atom is 0.401 e. The number of hydrogen-bond donors (Lipinski definition) is 0. The monoisotopic (exact) mass is 185 g/mol. The smallest absolute Gasteiger partial charge is 0.383 e. The van der Waals surface area contributed by atoms with E-state index in [-0.39, 0.29) is 0 Å². The summed E-state index contributed by atoms with van der Waals surface area (Å²) in [6.45, 7) is 1.90. The molecule has 0 unspecified atom stereocenters. The normalized spacial score (nSPS) is 12.5. The molecule has 5 heteroatoms. The Labute approximate surface area is 70.3 Å². The molecule has 0 aromatic carbocycles. The fourth-order valence-electron chi connectivity index (χ4n) is 0.823. The molecule has 0 radical (unpaired) electrons. The van der Waals surface area contributed by atoms with Crippen molar-refractivity contribution in [2.75, 3.05) is 33.4 Å². The highest BCUT2D eigenvalue weighted by molar-refractivity contribution is 4.60. The van der Waals surface area contributed by atoms with Gasteiger partial charge in [-0.1, -0.05) is 6.92 Å². The van der Waals surface area contributed by atoms with Crippen molar-refractivity contribution in [2.24, 2.45) is 0 Å². The summed E-state index contributed by atoms with van der Waals surface area (Å²) in [7, 11) is 1.47. The van der Waals surface area contributed by atoms with E-state index in [0.29, 0.717) is 19.7 Å². The van der Waals surface area contributed by atoms with Gasteiger partial charge in [0.1, 0.15) is 0 Å². The predicted octanol–water partition coefficient (Wildman–Crippen LogP) is 1.52. The highest BCUT2D eigenvalue weighted by atomic mass is 19.4. The second-order valence-corrected chi connectivity index (χ2v) is 2.48. The lowest BCUT2D eigenvalue weighted by Gasteiger charge is -2.21. The summed E-state index contributed by atoms with van der Waals surface area (Å²) in [6, 6.07) is 0. The largest absolute Gasteiger partial charge is 0.401 e. The lowest BCUT2D eigenvalue weighted by Crippen LogP contribution is -2.36. The van der Waals surface area contributed by atoms with Crippen LogP contribution in [0.1, 0.15) is 6.92 Å². The minimum absolute atomic E-state index is 0.326. The van der Waals surface area contributed by atoms with Crippen molar-refractivity contribution >= 4 is 0 Å². The molecular weight excluding hydrogens is 171 g/mol. The summed E-state index contributed by atoms with van der Waals surface area (Å²) in [5, 5.41) is 0. The molecule has 0 heterocycles. The Kier molecular flexibility index (Phi) is 5.24. The minimum atomic E-state index is -4.11. The van der Waals surface area contributed by atoms with Crippen LogP contribution in [-0.4, -0.2) is 44.4 Å². The van der Waals surface area contributed by atoms with E-state index in [1.807, 2.05) is 0 Å². The van der Waals surface area contributed by atoms with E-state index in [2.05, 4.69) is 4.74 Å². The van der Waals surface area contributed by atoms with Crippen LogP contribution in [0.25, 0.3) is 0 Å². The van der Waals surface area contributed by atoms with Gasteiger partial charge in [0.2, 0.25) is 0 Å². The van der Waals surface area contributed by atoms with Crippen LogP contribution in [0.15, 0.2) is 0 Å². The quantitative estimate of drug-likeness (QED) is 0.643. The number of rotatable bonds is 5. The molecular formula is C7H14F3NO. The second-order valence-electron chi connectivity index (χ2n) is 2.48. The average Bonchev–Trinajstić information content (AvgIpc) is 1.95. The molecule has 0 fully saturated rings. The van der Waals surface area contributed by atoms with Crippen LogP contribution >= 0.6 is 0 Å². The predicted molar refractivity (Wildman–Crippen MR) is 40.0 cm³/mol. The van der Waals surface area contributed by atoms with Crippen LogP contribution < -0.4 is 0 Å². The van der Waals surface area contributed by atoms with E-state index < -0.39 is 12.7 Å². The average molecular weight is 185 g/mol. The zero-order valence-corrected chi connectivity index (χ0v) is 7.32. The molecule has 0 aromatic rings. The molecule has 0 aliphatic carbocycles. The lowest BCUT2D eigenvalue weighted by atomic mass is 10.4. The van der Waals surface area contributed by atoms with Crippen LogP contribution in [0, 0.1) is 0 Å². The highest BCUT2D eigenvalue weighted by Crippen LogP contribution is 2.15. The second kappa shape index (κ2) is 5.37. The molecule has 0 spiro atoms. The first-order chi connectivity index (χ1) is 5.49. The van der Waals surface area contributed by atoms with E-state index in [9.17, 15) is 13.2 Å². The first kappa shape index (κ1) is 11.7. The number of ether oxygens (including phenoxy) is 1. The maximum absolute atomic E-state index is 11.8. The molecule has 0 aliphatic heterocycles. The third-order valence-electron chi connectivity index (χ3n) is 1.46. The van der Waals surface area contributed by atoms with Crippen LogP contribution in [0.4, 0.5) is 13.2 Å². The summed E-state index contributed by atoms with van der Waals surface area (Å²) in [4.78, 5) is 1.30. The standard InChI is InChI=1S/C7H14F3NO/c1-3-11(4-5-12-2)6-7(8,9)10/h3-6H2,1-2H3. The van der Waals surface area contributed by atoms with Crippen LogP contribution in [-0.2, 0) is 4.74 Å².